The topological polar surface area (TPSA) is 17.8 Å². The van der Waals surface area contributed by atoms with E-state index in [-0.39, 0.29) is 0 Å². The van der Waals surface area contributed by atoms with E-state index in [1.54, 1.807) is 0 Å². The van der Waals surface area contributed by atoms with Crippen LogP contribution in [0.25, 0.3) is 82.0 Å². The number of hydrogen-bond acceptors (Lipinski definition) is 1. The molecule has 0 saturated heterocycles. The molecule has 0 bridgehead atoms. The monoisotopic (exact) mass is 520 g/mol. The van der Waals surface area contributed by atoms with E-state index in [0.29, 0.717) is 0 Å². The molecule has 9 aromatic rings. The Hall–Kier alpha value is -5.47. The third-order valence-corrected chi connectivity index (χ3v) is 8.56. The maximum Gasteiger partial charge on any atom is 0.0709 e. The Morgan fingerprint density at radius 2 is 1.00 bits per heavy atom. The lowest BCUT2D eigenvalue weighted by Gasteiger charge is -2.15. The Morgan fingerprint density at radius 3 is 1.78 bits per heavy atom. The maximum atomic E-state index is 4.93. The molecule has 41 heavy (non-hydrogen) atoms. The molecule has 0 spiro atoms. The third-order valence-electron chi connectivity index (χ3n) is 8.56. The largest absolute Gasteiger partial charge is 0.309 e. The average Bonchev–Trinajstić information content (AvgIpc) is 3.39. The van der Waals surface area contributed by atoms with Crippen molar-refractivity contribution in [3.8, 4) is 16.9 Å². The molecule has 0 atom stereocenters. The fourth-order valence-corrected chi connectivity index (χ4v) is 6.72. The number of hydrogen-bond donors (Lipinski definition) is 0. The zero-order valence-corrected chi connectivity index (χ0v) is 22.3. The van der Waals surface area contributed by atoms with Crippen molar-refractivity contribution in [2.45, 2.75) is 0 Å². The Morgan fingerprint density at radius 1 is 0.415 bits per heavy atom. The molecule has 2 aromatic heterocycles. The first-order valence-corrected chi connectivity index (χ1v) is 14.1. The van der Waals surface area contributed by atoms with Crippen LogP contribution in [0.3, 0.4) is 0 Å². The minimum absolute atomic E-state index is 0.986. The fourth-order valence-electron chi connectivity index (χ4n) is 6.72. The molecule has 0 N–H and O–H groups in total. The molecular weight excluding hydrogens is 496 g/mol. The molecule has 0 amide bonds. The van der Waals surface area contributed by atoms with E-state index in [1.165, 1.54) is 54.1 Å². The second-order valence-electron chi connectivity index (χ2n) is 10.8. The molecule has 0 aliphatic rings. The van der Waals surface area contributed by atoms with Crippen LogP contribution in [0.2, 0.25) is 0 Å². The summed E-state index contributed by atoms with van der Waals surface area (Å²) in [6.07, 6.45) is 0. The van der Waals surface area contributed by atoms with Gasteiger partial charge in [-0.05, 0) is 57.3 Å². The van der Waals surface area contributed by atoms with Crippen molar-refractivity contribution in [2.75, 3.05) is 0 Å². The van der Waals surface area contributed by atoms with Crippen LogP contribution >= 0.6 is 0 Å². The zero-order valence-electron chi connectivity index (χ0n) is 22.3. The minimum Gasteiger partial charge on any atom is -0.309 e. The van der Waals surface area contributed by atoms with E-state index < -0.39 is 0 Å². The van der Waals surface area contributed by atoms with Gasteiger partial charge in [0.2, 0.25) is 0 Å². The van der Waals surface area contributed by atoms with Crippen molar-refractivity contribution in [3.63, 3.8) is 0 Å². The van der Waals surface area contributed by atoms with Gasteiger partial charge in [-0.3, -0.25) is 0 Å². The van der Waals surface area contributed by atoms with Crippen LogP contribution in [0.1, 0.15) is 0 Å². The summed E-state index contributed by atoms with van der Waals surface area (Å²) in [4.78, 5) is 4.93. The lowest BCUT2D eigenvalue weighted by molar-refractivity contribution is 1.19. The Labute approximate surface area is 236 Å². The number of para-hydroxylation sites is 2. The van der Waals surface area contributed by atoms with Crippen LogP contribution in [-0.2, 0) is 0 Å². The quantitative estimate of drug-likeness (QED) is 0.207. The summed E-state index contributed by atoms with van der Waals surface area (Å²) in [6, 6.07) is 52.5. The number of benzene rings is 7. The maximum absolute atomic E-state index is 4.93. The molecule has 9 rings (SSSR count). The summed E-state index contributed by atoms with van der Waals surface area (Å²) in [5.74, 6) is 0. The number of nitrogens with zero attached hydrogens (tertiary/aromatic N) is 2. The van der Waals surface area contributed by atoms with E-state index in [9.17, 15) is 0 Å². The highest BCUT2D eigenvalue weighted by Gasteiger charge is 2.18. The van der Waals surface area contributed by atoms with Gasteiger partial charge in [0.15, 0.2) is 0 Å². The van der Waals surface area contributed by atoms with Crippen LogP contribution in [0.15, 0.2) is 146 Å². The summed E-state index contributed by atoms with van der Waals surface area (Å²) >= 11 is 0. The molecule has 2 nitrogen and oxygen atoms in total. The van der Waals surface area contributed by atoms with Crippen molar-refractivity contribution < 1.29 is 0 Å². The highest BCUT2D eigenvalue weighted by Crippen LogP contribution is 2.43. The van der Waals surface area contributed by atoms with Gasteiger partial charge in [-0.2, -0.15) is 0 Å². The van der Waals surface area contributed by atoms with E-state index in [0.717, 1.165) is 27.8 Å². The SMILES string of the molecule is c1ccc2nc(-c3ccc(-n4c5ccccc5c5ccc6c7ccccc7c7ccccc7c6c54)cc3)ccc2c1. The molecule has 190 valence electrons. The molecule has 0 radical (unpaired) electrons. The van der Waals surface area contributed by atoms with Gasteiger partial charge in [0.1, 0.15) is 0 Å². The Balaban J connectivity index is 1.37. The van der Waals surface area contributed by atoms with Crippen LogP contribution in [0.5, 0.6) is 0 Å². The summed E-state index contributed by atoms with van der Waals surface area (Å²) in [6.45, 7) is 0. The van der Waals surface area contributed by atoms with Gasteiger partial charge >= 0.3 is 0 Å². The summed E-state index contributed by atoms with van der Waals surface area (Å²) in [5.41, 5.74) is 6.72. The first kappa shape index (κ1) is 22.4. The lowest BCUT2D eigenvalue weighted by atomic mass is 9.93. The smallest absolute Gasteiger partial charge is 0.0709 e. The third kappa shape index (κ3) is 3.22. The van der Waals surface area contributed by atoms with Crippen molar-refractivity contribution in [1.82, 2.24) is 9.55 Å². The number of fused-ring (bicyclic) bond motifs is 11. The predicted octanol–water partition coefficient (Wildman–Crippen LogP) is 10.5. The van der Waals surface area contributed by atoms with Crippen molar-refractivity contribution in [1.29, 1.82) is 0 Å². The van der Waals surface area contributed by atoms with Crippen LogP contribution in [0, 0.1) is 0 Å². The summed E-state index contributed by atoms with van der Waals surface area (Å²) in [7, 11) is 0. The summed E-state index contributed by atoms with van der Waals surface area (Å²) < 4.78 is 2.45. The van der Waals surface area contributed by atoms with Crippen molar-refractivity contribution in [2.24, 2.45) is 0 Å². The van der Waals surface area contributed by atoms with Crippen LogP contribution in [-0.4, -0.2) is 9.55 Å². The van der Waals surface area contributed by atoms with Gasteiger partial charge in [0.25, 0.3) is 0 Å². The highest BCUT2D eigenvalue weighted by atomic mass is 15.0. The molecule has 0 unspecified atom stereocenters. The zero-order chi connectivity index (χ0) is 26.9. The molecule has 0 aliphatic carbocycles. The second-order valence-corrected chi connectivity index (χ2v) is 10.8. The average molecular weight is 521 g/mol. The standard InChI is InChI=1S/C39H24N2/c1-7-15-35-25(9-1)19-24-36(40-35)26-17-20-27(21-18-26)41-37-16-8-6-13-31(37)34-23-22-33-30-12-3-2-10-28(30)29-11-4-5-14-32(29)38(33)39(34)41/h1-24H. The predicted molar refractivity (Wildman–Crippen MR) is 174 cm³/mol. The Kier molecular flexibility index (Phi) is 4.64. The first-order valence-electron chi connectivity index (χ1n) is 14.1. The normalized spacial score (nSPS) is 11.9. The van der Waals surface area contributed by atoms with E-state index in [1.807, 2.05) is 6.07 Å². The summed E-state index contributed by atoms with van der Waals surface area (Å²) in [5, 5.41) is 11.4. The molecule has 7 aromatic carbocycles. The first-order chi connectivity index (χ1) is 20.3. The van der Waals surface area contributed by atoms with Gasteiger partial charge in [-0.1, -0.05) is 115 Å². The van der Waals surface area contributed by atoms with E-state index in [2.05, 4.69) is 144 Å². The molecular formula is C39H24N2. The van der Waals surface area contributed by atoms with Crippen molar-refractivity contribution >= 4 is 65.0 Å². The number of pyridine rings is 1. The molecule has 0 saturated carbocycles. The highest BCUT2D eigenvalue weighted by molar-refractivity contribution is 6.33. The van der Waals surface area contributed by atoms with Gasteiger partial charge in [-0.15, -0.1) is 0 Å². The fraction of sp³-hybridized carbons (Fsp3) is 0. The minimum atomic E-state index is 0.986. The van der Waals surface area contributed by atoms with Crippen LogP contribution < -0.4 is 0 Å². The van der Waals surface area contributed by atoms with Gasteiger partial charge < -0.3 is 4.57 Å². The van der Waals surface area contributed by atoms with E-state index >= 15 is 0 Å². The van der Waals surface area contributed by atoms with Gasteiger partial charge in [0, 0.05) is 32.8 Å². The molecule has 0 fully saturated rings. The number of aromatic nitrogens is 2. The molecule has 0 aliphatic heterocycles. The molecule has 2 heteroatoms. The van der Waals surface area contributed by atoms with Gasteiger partial charge in [0.05, 0.1) is 22.2 Å². The van der Waals surface area contributed by atoms with Crippen LogP contribution in [0.4, 0.5) is 0 Å². The van der Waals surface area contributed by atoms with Crippen molar-refractivity contribution in [3.05, 3.63) is 146 Å². The van der Waals surface area contributed by atoms with Gasteiger partial charge in [-0.25, -0.2) is 4.98 Å². The lowest BCUT2D eigenvalue weighted by Crippen LogP contribution is -1.95. The Bertz CT molecular complexity index is 2430. The van der Waals surface area contributed by atoms with E-state index in [4.69, 9.17) is 4.98 Å². The second kappa shape index (κ2) is 8.51. The number of rotatable bonds is 2. The molecule has 2 heterocycles.